The summed E-state index contributed by atoms with van der Waals surface area (Å²) in [6.45, 7) is 2.15. The molecule has 0 saturated carbocycles. The first-order valence-electron chi connectivity index (χ1n) is 7.97. The van der Waals surface area contributed by atoms with Crippen molar-refractivity contribution in [3.05, 3.63) is 64.7 Å². The number of rotatable bonds is 7. The Balaban J connectivity index is 1.80. The lowest BCUT2D eigenvalue weighted by atomic mass is 10.1. The minimum Gasteiger partial charge on any atom is -0.496 e. The summed E-state index contributed by atoms with van der Waals surface area (Å²) < 4.78 is 5.30. The highest BCUT2D eigenvalue weighted by Crippen LogP contribution is 2.24. The van der Waals surface area contributed by atoms with Crippen molar-refractivity contribution in [3.63, 3.8) is 0 Å². The Labute approximate surface area is 152 Å². The molecule has 2 N–H and O–H groups in total. The van der Waals surface area contributed by atoms with Gasteiger partial charge in [-0.2, -0.15) is 0 Å². The second-order valence-corrected chi connectivity index (χ2v) is 5.98. The van der Waals surface area contributed by atoms with Gasteiger partial charge in [-0.15, -0.1) is 0 Å². The normalized spacial score (nSPS) is 11.5. The third-order valence-corrected chi connectivity index (χ3v) is 3.98. The van der Waals surface area contributed by atoms with E-state index in [9.17, 15) is 9.59 Å². The zero-order valence-corrected chi connectivity index (χ0v) is 15.0. The zero-order valence-electron chi connectivity index (χ0n) is 14.2. The van der Waals surface area contributed by atoms with Crippen molar-refractivity contribution in [2.75, 3.05) is 13.7 Å². The standard InChI is InChI=1S/C19H21ClN2O3/c1-13(16-5-3-4-6-17(16)25-2)22-18(23)11-12-21-19(24)14-7-9-15(20)10-8-14/h3-10,13H,11-12H2,1-2H3,(H,21,24)(H,22,23)/t13-/m0/s1. The van der Waals surface area contributed by atoms with Crippen LogP contribution in [0.5, 0.6) is 5.75 Å². The molecule has 0 radical (unpaired) electrons. The van der Waals surface area contributed by atoms with E-state index < -0.39 is 0 Å². The molecule has 0 aliphatic heterocycles. The summed E-state index contributed by atoms with van der Waals surface area (Å²) in [7, 11) is 1.60. The third kappa shape index (κ3) is 5.50. The maximum atomic E-state index is 12.1. The zero-order chi connectivity index (χ0) is 18.2. The van der Waals surface area contributed by atoms with E-state index in [4.69, 9.17) is 16.3 Å². The number of ether oxygens (including phenoxy) is 1. The monoisotopic (exact) mass is 360 g/mol. The number of amides is 2. The van der Waals surface area contributed by atoms with Crippen molar-refractivity contribution in [2.24, 2.45) is 0 Å². The smallest absolute Gasteiger partial charge is 0.251 e. The van der Waals surface area contributed by atoms with Gasteiger partial charge in [-0.25, -0.2) is 0 Å². The first kappa shape index (κ1) is 18.8. The molecular weight excluding hydrogens is 340 g/mol. The summed E-state index contributed by atoms with van der Waals surface area (Å²) in [5, 5.41) is 6.19. The average Bonchev–Trinajstić information content (AvgIpc) is 2.62. The van der Waals surface area contributed by atoms with Crippen molar-refractivity contribution < 1.29 is 14.3 Å². The van der Waals surface area contributed by atoms with Gasteiger partial charge in [-0.3, -0.25) is 9.59 Å². The van der Waals surface area contributed by atoms with Crippen molar-refractivity contribution in [1.29, 1.82) is 0 Å². The lowest BCUT2D eigenvalue weighted by Crippen LogP contribution is -2.32. The highest BCUT2D eigenvalue weighted by molar-refractivity contribution is 6.30. The fourth-order valence-electron chi connectivity index (χ4n) is 2.41. The van der Waals surface area contributed by atoms with Crippen LogP contribution >= 0.6 is 11.6 Å². The second kappa shape index (κ2) is 9.08. The molecule has 0 heterocycles. The molecule has 0 aliphatic carbocycles. The average molecular weight is 361 g/mol. The van der Waals surface area contributed by atoms with Crippen LogP contribution in [-0.2, 0) is 4.79 Å². The van der Waals surface area contributed by atoms with Gasteiger partial charge in [0.2, 0.25) is 5.91 Å². The molecule has 1 atom stereocenters. The van der Waals surface area contributed by atoms with E-state index in [0.29, 0.717) is 10.6 Å². The Hall–Kier alpha value is -2.53. The van der Waals surface area contributed by atoms with Crippen LogP contribution in [0.3, 0.4) is 0 Å². The first-order valence-corrected chi connectivity index (χ1v) is 8.35. The lowest BCUT2D eigenvalue weighted by molar-refractivity contribution is -0.121. The van der Waals surface area contributed by atoms with Gasteiger partial charge in [0, 0.05) is 29.1 Å². The van der Waals surface area contributed by atoms with E-state index in [-0.39, 0.29) is 30.8 Å². The number of hydrogen-bond acceptors (Lipinski definition) is 3. The highest BCUT2D eigenvalue weighted by Gasteiger charge is 2.13. The van der Waals surface area contributed by atoms with E-state index in [1.54, 1.807) is 31.4 Å². The Morgan fingerprint density at radius 3 is 2.48 bits per heavy atom. The molecule has 25 heavy (non-hydrogen) atoms. The minimum atomic E-state index is -0.234. The number of halogens is 1. The number of benzene rings is 2. The lowest BCUT2D eigenvalue weighted by Gasteiger charge is -2.17. The molecule has 0 spiro atoms. The van der Waals surface area contributed by atoms with E-state index in [0.717, 1.165) is 11.3 Å². The molecule has 2 aromatic carbocycles. The molecule has 0 unspecified atom stereocenters. The summed E-state index contributed by atoms with van der Waals surface area (Å²) in [6.07, 6.45) is 0.193. The van der Waals surface area contributed by atoms with E-state index in [1.165, 1.54) is 0 Å². The number of methoxy groups -OCH3 is 1. The maximum Gasteiger partial charge on any atom is 0.251 e. The maximum absolute atomic E-state index is 12.1. The highest BCUT2D eigenvalue weighted by atomic mass is 35.5. The fourth-order valence-corrected chi connectivity index (χ4v) is 2.53. The fraction of sp³-hybridized carbons (Fsp3) is 0.263. The van der Waals surface area contributed by atoms with Crippen molar-refractivity contribution >= 4 is 23.4 Å². The predicted octanol–water partition coefficient (Wildman–Crippen LogP) is 3.35. The van der Waals surface area contributed by atoms with Gasteiger partial charge >= 0.3 is 0 Å². The summed E-state index contributed by atoms with van der Waals surface area (Å²) in [5.74, 6) is 0.350. The van der Waals surface area contributed by atoms with Crippen LogP contribution in [0.25, 0.3) is 0 Å². The number of carbonyl (C=O) groups is 2. The number of hydrogen-bond donors (Lipinski definition) is 2. The molecule has 6 heteroatoms. The van der Waals surface area contributed by atoms with Crippen LogP contribution in [-0.4, -0.2) is 25.5 Å². The van der Waals surface area contributed by atoms with Crippen molar-refractivity contribution in [2.45, 2.75) is 19.4 Å². The van der Waals surface area contributed by atoms with E-state index in [1.807, 2.05) is 31.2 Å². The molecule has 5 nitrogen and oxygen atoms in total. The van der Waals surface area contributed by atoms with Crippen LogP contribution in [0.15, 0.2) is 48.5 Å². The third-order valence-electron chi connectivity index (χ3n) is 3.73. The molecule has 2 rings (SSSR count). The largest absolute Gasteiger partial charge is 0.496 e. The van der Waals surface area contributed by atoms with E-state index in [2.05, 4.69) is 10.6 Å². The van der Waals surface area contributed by atoms with E-state index >= 15 is 0 Å². The molecule has 0 aliphatic rings. The molecule has 132 valence electrons. The molecule has 0 bridgehead atoms. The van der Waals surface area contributed by atoms with Crippen molar-refractivity contribution in [1.82, 2.24) is 10.6 Å². The second-order valence-electron chi connectivity index (χ2n) is 5.54. The molecule has 2 amide bonds. The first-order chi connectivity index (χ1) is 12.0. The molecule has 0 saturated heterocycles. The molecule has 2 aromatic rings. The molecule has 0 aromatic heterocycles. The van der Waals surface area contributed by atoms with Crippen LogP contribution in [0.2, 0.25) is 5.02 Å². The van der Waals surface area contributed by atoms with Crippen molar-refractivity contribution in [3.8, 4) is 5.75 Å². The van der Waals surface area contributed by atoms with Crippen LogP contribution in [0.4, 0.5) is 0 Å². The molecular formula is C19H21ClN2O3. The molecule has 0 fully saturated rings. The van der Waals surface area contributed by atoms with Crippen LogP contribution in [0, 0.1) is 0 Å². The summed E-state index contributed by atoms with van der Waals surface area (Å²) >= 11 is 5.79. The Morgan fingerprint density at radius 2 is 1.80 bits per heavy atom. The quantitative estimate of drug-likeness (QED) is 0.795. The van der Waals surface area contributed by atoms with Gasteiger partial charge in [0.15, 0.2) is 0 Å². The SMILES string of the molecule is COc1ccccc1[C@H](C)NC(=O)CCNC(=O)c1ccc(Cl)cc1. The van der Waals surface area contributed by atoms with Gasteiger partial charge in [-0.1, -0.05) is 29.8 Å². The summed E-state index contributed by atoms with van der Waals surface area (Å²) in [6, 6.07) is 13.9. The van der Waals surface area contributed by atoms with Gasteiger partial charge in [0.05, 0.1) is 13.2 Å². The van der Waals surface area contributed by atoms with Gasteiger partial charge < -0.3 is 15.4 Å². The predicted molar refractivity (Wildman–Crippen MR) is 98.0 cm³/mol. The topological polar surface area (TPSA) is 67.4 Å². The van der Waals surface area contributed by atoms with Crippen LogP contribution in [0.1, 0.15) is 35.3 Å². The minimum absolute atomic E-state index is 0.144. The number of nitrogens with one attached hydrogen (secondary N) is 2. The Kier molecular flexibility index (Phi) is 6.83. The summed E-state index contributed by atoms with van der Waals surface area (Å²) in [5.41, 5.74) is 1.41. The Bertz CT molecular complexity index is 732. The Morgan fingerprint density at radius 1 is 1.12 bits per heavy atom. The van der Waals surface area contributed by atoms with Gasteiger partial charge in [0.1, 0.15) is 5.75 Å². The van der Waals surface area contributed by atoms with Gasteiger partial charge in [0.25, 0.3) is 5.91 Å². The summed E-state index contributed by atoms with van der Waals surface area (Å²) in [4.78, 5) is 24.0. The van der Waals surface area contributed by atoms with Gasteiger partial charge in [-0.05, 0) is 37.3 Å². The number of para-hydroxylation sites is 1. The van der Waals surface area contributed by atoms with Crippen LogP contribution < -0.4 is 15.4 Å². The number of carbonyl (C=O) groups excluding carboxylic acids is 2.